The molecule has 0 unspecified atom stereocenters. The Hall–Kier alpha value is -2.36. The lowest BCUT2D eigenvalue weighted by Crippen LogP contribution is -1.98. The van der Waals surface area contributed by atoms with Gasteiger partial charge in [0, 0.05) is 5.56 Å². The molecule has 0 N–H and O–H groups in total. The van der Waals surface area contributed by atoms with Gasteiger partial charge < -0.3 is 18.9 Å². The minimum Gasteiger partial charge on any atom is -0.497 e. The van der Waals surface area contributed by atoms with Crippen molar-refractivity contribution in [3.63, 3.8) is 0 Å². The summed E-state index contributed by atoms with van der Waals surface area (Å²) in [5, 5.41) is 0. The van der Waals surface area contributed by atoms with Gasteiger partial charge >= 0.3 is 0 Å². The van der Waals surface area contributed by atoms with E-state index < -0.39 is 0 Å². The van der Waals surface area contributed by atoms with Crippen LogP contribution in [0.5, 0.6) is 23.0 Å². The van der Waals surface area contributed by atoms with Gasteiger partial charge in [-0.2, -0.15) is 0 Å². The van der Waals surface area contributed by atoms with E-state index >= 15 is 0 Å². The molecule has 0 heterocycles. The van der Waals surface area contributed by atoms with Gasteiger partial charge in [-0.15, -0.1) is 0 Å². The molecule has 0 atom stereocenters. The molecule has 0 aromatic heterocycles. The molecule has 118 valence electrons. The van der Waals surface area contributed by atoms with Crippen molar-refractivity contribution in [2.75, 3.05) is 28.4 Å². The summed E-state index contributed by atoms with van der Waals surface area (Å²) in [5.41, 5.74) is 3.26. The van der Waals surface area contributed by atoms with Crippen molar-refractivity contribution in [3.05, 3.63) is 35.9 Å². The monoisotopic (exact) mass is 302 g/mol. The summed E-state index contributed by atoms with van der Waals surface area (Å²) in [6.45, 7) is 2.12. The topological polar surface area (TPSA) is 36.9 Å². The van der Waals surface area contributed by atoms with E-state index in [0.717, 1.165) is 23.3 Å². The van der Waals surface area contributed by atoms with Gasteiger partial charge in [-0.25, -0.2) is 0 Å². The summed E-state index contributed by atoms with van der Waals surface area (Å²) in [4.78, 5) is 0. The molecule has 0 bridgehead atoms. The number of aryl methyl sites for hydroxylation is 1. The molecule has 2 aromatic carbocycles. The molecule has 2 aromatic rings. The van der Waals surface area contributed by atoms with E-state index in [9.17, 15) is 0 Å². The molecule has 4 heteroatoms. The van der Waals surface area contributed by atoms with Crippen molar-refractivity contribution in [3.8, 4) is 34.1 Å². The smallest absolute Gasteiger partial charge is 0.203 e. The zero-order valence-corrected chi connectivity index (χ0v) is 13.7. The van der Waals surface area contributed by atoms with E-state index in [1.54, 1.807) is 28.4 Å². The van der Waals surface area contributed by atoms with E-state index in [1.165, 1.54) is 5.56 Å². The molecule has 22 heavy (non-hydrogen) atoms. The van der Waals surface area contributed by atoms with Crippen molar-refractivity contribution in [1.29, 1.82) is 0 Å². The second kappa shape index (κ2) is 7.07. The Balaban J connectivity index is 2.67. The minimum atomic E-state index is 0.598. The van der Waals surface area contributed by atoms with Gasteiger partial charge in [0.05, 0.1) is 28.4 Å². The van der Waals surface area contributed by atoms with Crippen LogP contribution in [-0.4, -0.2) is 28.4 Å². The zero-order chi connectivity index (χ0) is 16.1. The third kappa shape index (κ3) is 2.82. The lowest BCUT2D eigenvalue weighted by Gasteiger charge is -2.18. The number of rotatable bonds is 6. The van der Waals surface area contributed by atoms with Crippen molar-refractivity contribution in [2.45, 2.75) is 13.3 Å². The third-order valence-corrected chi connectivity index (χ3v) is 3.69. The molecule has 0 fully saturated rings. The highest BCUT2D eigenvalue weighted by atomic mass is 16.5. The van der Waals surface area contributed by atoms with Crippen LogP contribution in [0, 0.1) is 0 Å². The van der Waals surface area contributed by atoms with E-state index in [-0.39, 0.29) is 0 Å². The van der Waals surface area contributed by atoms with Gasteiger partial charge in [-0.1, -0.05) is 13.0 Å². The molecule has 4 nitrogen and oxygen atoms in total. The van der Waals surface area contributed by atoms with Crippen molar-refractivity contribution < 1.29 is 18.9 Å². The van der Waals surface area contributed by atoms with Crippen LogP contribution in [-0.2, 0) is 6.42 Å². The average Bonchev–Trinajstić information content (AvgIpc) is 2.59. The van der Waals surface area contributed by atoms with E-state index in [4.69, 9.17) is 18.9 Å². The third-order valence-electron chi connectivity index (χ3n) is 3.69. The van der Waals surface area contributed by atoms with Gasteiger partial charge in [0.1, 0.15) is 5.75 Å². The second-order valence-corrected chi connectivity index (χ2v) is 4.76. The molecule has 2 rings (SSSR count). The first-order valence-electron chi connectivity index (χ1n) is 7.16. The molecule has 0 amide bonds. The van der Waals surface area contributed by atoms with Gasteiger partial charge in [0.2, 0.25) is 5.75 Å². The fourth-order valence-corrected chi connectivity index (χ4v) is 2.57. The Morgan fingerprint density at radius 3 is 1.95 bits per heavy atom. The second-order valence-electron chi connectivity index (χ2n) is 4.76. The summed E-state index contributed by atoms with van der Waals surface area (Å²) in [6.07, 6.45) is 0.893. The molecule has 0 radical (unpaired) electrons. The highest BCUT2D eigenvalue weighted by Crippen LogP contribution is 2.45. The lowest BCUT2D eigenvalue weighted by molar-refractivity contribution is 0.325. The predicted molar refractivity (Wildman–Crippen MR) is 87.5 cm³/mol. The SMILES string of the molecule is CCc1cc(OC)ccc1-c1ccc(OC)c(OC)c1OC. The highest BCUT2D eigenvalue weighted by Gasteiger charge is 2.18. The largest absolute Gasteiger partial charge is 0.497 e. The van der Waals surface area contributed by atoms with Crippen molar-refractivity contribution >= 4 is 0 Å². The minimum absolute atomic E-state index is 0.598. The maximum atomic E-state index is 5.58. The molecule has 0 saturated heterocycles. The standard InChI is InChI=1S/C18H22O4/c1-6-12-11-13(19-2)7-8-14(12)15-9-10-16(20-3)18(22-5)17(15)21-4/h7-11H,6H2,1-5H3. The first kappa shape index (κ1) is 16.0. The van der Waals surface area contributed by atoms with Crippen LogP contribution in [0.2, 0.25) is 0 Å². The normalized spacial score (nSPS) is 10.2. The van der Waals surface area contributed by atoms with Gasteiger partial charge in [-0.3, -0.25) is 0 Å². The number of ether oxygens (including phenoxy) is 4. The fraction of sp³-hybridized carbons (Fsp3) is 0.333. The lowest BCUT2D eigenvalue weighted by atomic mass is 9.96. The van der Waals surface area contributed by atoms with Crippen LogP contribution in [0.1, 0.15) is 12.5 Å². The average molecular weight is 302 g/mol. The van der Waals surface area contributed by atoms with Gasteiger partial charge in [0.15, 0.2) is 11.5 Å². The highest BCUT2D eigenvalue weighted by molar-refractivity contribution is 5.79. The van der Waals surface area contributed by atoms with Crippen LogP contribution in [0.15, 0.2) is 30.3 Å². The first-order chi connectivity index (χ1) is 10.7. The van der Waals surface area contributed by atoms with Crippen LogP contribution in [0.25, 0.3) is 11.1 Å². The summed E-state index contributed by atoms with van der Waals surface area (Å²) < 4.78 is 21.7. The Labute approximate surface area is 131 Å². The molecule has 0 aliphatic heterocycles. The van der Waals surface area contributed by atoms with E-state index in [1.807, 2.05) is 30.3 Å². The molecule has 0 spiro atoms. The van der Waals surface area contributed by atoms with Crippen LogP contribution < -0.4 is 18.9 Å². The Morgan fingerprint density at radius 2 is 1.41 bits per heavy atom. The van der Waals surface area contributed by atoms with Gasteiger partial charge in [-0.05, 0) is 41.8 Å². The van der Waals surface area contributed by atoms with E-state index in [2.05, 4.69) is 6.92 Å². The molecule has 0 aliphatic carbocycles. The Morgan fingerprint density at radius 1 is 0.727 bits per heavy atom. The molecular formula is C18H22O4. The quantitative estimate of drug-likeness (QED) is 0.809. The summed E-state index contributed by atoms with van der Waals surface area (Å²) in [7, 11) is 6.53. The van der Waals surface area contributed by atoms with Crippen LogP contribution in [0.3, 0.4) is 0 Å². The van der Waals surface area contributed by atoms with E-state index in [0.29, 0.717) is 17.2 Å². The maximum absolute atomic E-state index is 5.58. The maximum Gasteiger partial charge on any atom is 0.203 e. The molecular weight excluding hydrogens is 280 g/mol. The summed E-state index contributed by atoms with van der Waals surface area (Å²) in [5.74, 6) is 2.76. The van der Waals surface area contributed by atoms with Crippen LogP contribution >= 0.6 is 0 Å². The zero-order valence-electron chi connectivity index (χ0n) is 13.7. The summed E-state index contributed by atoms with van der Waals surface area (Å²) in [6, 6.07) is 9.92. The molecule has 0 saturated carbocycles. The Bertz CT molecular complexity index is 650. The Kier molecular flexibility index (Phi) is 5.15. The first-order valence-corrected chi connectivity index (χ1v) is 7.16. The molecule has 0 aliphatic rings. The van der Waals surface area contributed by atoms with Crippen LogP contribution in [0.4, 0.5) is 0 Å². The number of benzene rings is 2. The number of hydrogen-bond acceptors (Lipinski definition) is 4. The predicted octanol–water partition coefficient (Wildman–Crippen LogP) is 3.95. The van der Waals surface area contributed by atoms with Crippen molar-refractivity contribution in [2.24, 2.45) is 0 Å². The number of methoxy groups -OCH3 is 4. The fourth-order valence-electron chi connectivity index (χ4n) is 2.57. The van der Waals surface area contributed by atoms with Gasteiger partial charge in [0.25, 0.3) is 0 Å². The van der Waals surface area contributed by atoms with Crippen molar-refractivity contribution in [1.82, 2.24) is 0 Å². The number of hydrogen-bond donors (Lipinski definition) is 0. The summed E-state index contributed by atoms with van der Waals surface area (Å²) >= 11 is 0.